The molecule has 2 aliphatic rings. The summed E-state index contributed by atoms with van der Waals surface area (Å²) in [6.07, 6.45) is 1.12. The van der Waals surface area contributed by atoms with Gasteiger partial charge < -0.3 is 10.5 Å². The van der Waals surface area contributed by atoms with Gasteiger partial charge in [0, 0.05) is 6.54 Å². The predicted octanol–water partition coefficient (Wildman–Crippen LogP) is 0.871. The van der Waals surface area contributed by atoms with Gasteiger partial charge in [0.1, 0.15) is 11.1 Å². The third-order valence-corrected chi connectivity index (χ3v) is 3.30. The van der Waals surface area contributed by atoms with E-state index in [1.54, 1.807) is 0 Å². The Labute approximate surface area is 94.9 Å². The first-order valence-electron chi connectivity index (χ1n) is 5.58. The molecule has 0 bridgehead atoms. The van der Waals surface area contributed by atoms with E-state index in [0.29, 0.717) is 13.0 Å². The monoisotopic (exact) mass is 226 g/mol. The van der Waals surface area contributed by atoms with Crippen molar-refractivity contribution in [2.75, 3.05) is 6.54 Å². The van der Waals surface area contributed by atoms with Gasteiger partial charge in [0.05, 0.1) is 0 Å². The fourth-order valence-electron chi connectivity index (χ4n) is 2.48. The molecule has 1 saturated heterocycles. The number of hydrogen-bond acceptors (Lipinski definition) is 3. The summed E-state index contributed by atoms with van der Waals surface area (Å²) in [7, 11) is 0. The van der Waals surface area contributed by atoms with E-state index in [4.69, 9.17) is 10.5 Å². The highest BCUT2D eigenvalue weighted by atomic mass is 16.6. The number of amides is 2. The maximum atomic E-state index is 11.9. The van der Waals surface area contributed by atoms with E-state index in [1.165, 1.54) is 4.90 Å². The molecule has 16 heavy (non-hydrogen) atoms. The third-order valence-electron chi connectivity index (χ3n) is 3.30. The Bertz CT molecular complexity index is 348. The van der Waals surface area contributed by atoms with Gasteiger partial charge in [0.25, 0.3) is 0 Å². The highest BCUT2D eigenvalue weighted by Crippen LogP contribution is 2.55. The fourth-order valence-corrected chi connectivity index (χ4v) is 2.48. The number of primary amides is 1. The number of ether oxygens (including phenoxy) is 1. The zero-order valence-electron chi connectivity index (χ0n) is 9.95. The van der Waals surface area contributed by atoms with E-state index >= 15 is 0 Å². The van der Waals surface area contributed by atoms with Gasteiger partial charge in [-0.1, -0.05) is 0 Å². The minimum atomic E-state index is -0.734. The summed E-state index contributed by atoms with van der Waals surface area (Å²) in [5, 5.41) is 0. The maximum absolute atomic E-state index is 11.9. The van der Waals surface area contributed by atoms with Crippen molar-refractivity contribution in [3.8, 4) is 0 Å². The number of likely N-dealkylation sites (tertiary alicyclic amines) is 1. The van der Waals surface area contributed by atoms with E-state index in [9.17, 15) is 9.59 Å². The van der Waals surface area contributed by atoms with Gasteiger partial charge in [0.2, 0.25) is 5.91 Å². The van der Waals surface area contributed by atoms with E-state index < -0.39 is 23.1 Å². The Morgan fingerprint density at radius 1 is 1.44 bits per heavy atom. The molecule has 5 heteroatoms. The van der Waals surface area contributed by atoms with Gasteiger partial charge in [-0.15, -0.1) is 0 Å². The lowest BCUT2D eigenvalue weighted by Crippen LogP contribution is -2.50. The molecule has 2 rings (SSSR count). The number of piperidine rings is 1. The van der Waals surface area contributed by atoms with Crippen molar-refractivity contribution in [3.05, 3.63) is 0 Å². The second-order valence-corrected chi connectivity index (χ2v) is 5.61. The van der Waals surface area contributed by atoms with E-state index in [2.05, 4.69) is 0 Å². The molecule has 1 aliphatic carbocycles. The molecule has 2 fully saturated rings. The van der Waals surface area contributed by atoms with Crippen molar-refractivity contribution >= 4 is 12.0 Å². The van der Waals surface area contributed by atoms with Crippen LogP contribution in [0.25, 0.3) is 0 Å². The summed E-state index contributed by atoms with van der Waals surface area (Å²) >= 11 is 0. The van der Waals surface area contributed by atoms with Gasteiger partial charge in [0.15, 0.2) is 0 Å². The Hall–Kier alpha value is -1.26. The standard InChI is InChI=1S/C11H18N2O3/c1-10(2,3)16-9(15)13-5-4-7-6-11(7,13)8(12)14/h7H,4-6H2,1-3H3,(H2,12,14). The molecule has 5 nitrogen and oxygen atoms in total. The van der Waals surface area contributed by atoms with Crippen molar-refractivity contribution in [2.24, 2.45) is 11.7 Å². The van der Waals surface area contributed by atoms with Crippen LogP contribution >= 0.6 is 0 Å². The van der Waals surface area contributed by atoms with Crippen LogP contribution in [-0.2, 0) is 9.53 Å². The van der Waals surface area contributed by atoms with Crippen LogP contribution in [0.4, 0.5) is 4.79 Å². The summed E-state index contributed by atoms with van der Waals surface area (Å²) in [6, 6.07) is 0. The van der Waals surface area contributed by atoms with Crippen LogP contribution in [0.15, 0.2) is 0 Å². The Kier molecular flexibility index (Phi) is 2.19. The minimum Gasteiger partial charge on any atom is -0.444 e. The lowest BCUT2D eigenvalue weighted by atomic mass is 10.2. The molecule has 1 aliphatic heterocycles. The van der Waals surface area contributed by atoms with Gasteiger partial charge in [-0.3, -0.25) is 9.69 Å². The molecular weight excluding hydrogens is 208 g/mol. The number of carbonyl (C=O) groups excluding carboxylic acids is 2. The maximum Gasteiger partial charge on any atom is 0.411 e. The summed E-state index contributed by atoms with van der Waals surface area (Å²) in [4.78, 5) is 24.8. The number of nitrogens with zero attached hydrogens (tertiary/aromatic N) is 1. The molecule has 0 aromatic heterocycles. The molecular formula is C11H18N2O3. The summed E-state index contributed by atoms with van der Waals surface area (Å²) in [6.45, 7) is 6.00. The zero-order chi connectivity index (χ0) is 12.1. The van der Waals surface area contributed by atoms with E-state index in [-0.39, 0.29) is 5.92 Å². The van der Waals surface area contributed by atoms with E-state index in [0.717, 1.165) is 6.42 Å². The largest absolute Gasteiger partial charge is 0.444 e. The third kappa shape index (κ3) is 1.54. The quantitative estimate of drug-likeness (QED) is 0.721. The van der Waals surface area contributed by atoms with E-state index in [1.807, 2.05) is 20.8 Å². The normalized spacial score (nSPS) is 32.2. The molecule has 0 spiro atoms. The van der Waals surface area contributed by atoms with Gasteiger partial charge in [-0.2, -0.15) is 0 Å². The molecule has 90 valence electrons. The molecule has 1 saturated carbocycles. The molecule has 0 aromatic carbocycles. The number of carbonyl (C=O) groups is 2. The Morgan fingerprint density at radius 2 is 2.06 bits per heavy atom. The summed E-state index contributed by atoms with van der Waals surface area (Å²) < 4.78 is 5.27. The fraction of sp³-hybridized carbons (Fsp3) is 0.818. The average Bonchev–Trinajstić information content (AvgIpc) is 2.70. The molecule has 2 amide bonds. The Balaban J connectivity index is 2.11. The van der Waals surface area contributed by atoms with Crippen molar-refractivity contribution in [3.63, 3.8) is 0 Å². The van der Waals surface area contributed by atoms with Gasteiger partial charge in [-0.05, 0) is 39.5 Å². The van der Waals surface area contributed by atoms with Crippen LogP contribution < -0.4 is 5.73 Å². The molecule has 0 radical (unpaired) electrons. The zero-order valence-corrected chi connectivity index (χ0v) is 9.95. The lowest BCUT2D eigenvalue weighted by Gasteiger charge is -2.29. The number of hydrogen-bond donors (Lipinski definition) is 1. The second-order valence-electron chi connectivity index (χ2n) is 5.61. The van der Waals surface area contributed by atoms with Crippen LogP contribution in [0.3, 0.4) is 0 Å². The first-order valence-corrected chi connectivity index (χ1v) is 5.58. The van der Waals surface area contributed by atoms with Gasteiger partial charge >= 0.3 is 6.09 Å². The minimum absolute atomic E-state index is 0.248. The number of nitrogens with two attached hydrogens (primary N) is 1. The Morgan fingerprint density at radius 3 is 2.50 bits per heavy atom. The number of rotatable bonds is 1. The van der Waals surface area contributed by atoms with Crippen molar-refractivity contribution in [1.29, 1.82) is 0 Å². The number of fused-ring (bicyclic) bond motifs is 1. The van der Waals surface area contributed by atoms with Crippen LogP contribution in [0.1, 0.15) is 33.6 Å². The predicted molar refractivity (Wildman–Crippen MR) is 57.6 cm³/mol. The van der Waals surface area contributed by atoms with Crippen LogP contribution in [0.5, 0.6) is 0 Å². The molecule has 2 unspecified atom stereocenters. The van der Waals surface area contributed by atoms with Crippen molar-refractivity contribution in [2.45, 2.75) is 44.8 Å². The van der Waals surface area contributed by atoms with Crippen LogP contribution in [0, 0.1) is 5.92 Å². The second kappa shape index (κ2) is 3.12. The van der Waals surface area contributed by atoms with Crippen molar-refractivity contribution < 1.29 is 14.3 Å². The topological polar surface area (TPSA) is 72.6 Å². The van der Waals surface area contributed by atoms with Crippen molar-refractivity contribution in [1.82, 2.24) is 4.90 Å². The summed E-state index contributed by atoms with van der Waals surface area (Å²) in [5.74, 6) is -0.154. The average molecular weight is 226 g/mol. The highest BCUT2D eigenvalue weighted by Gasteiger charge is 2.68. The molecule has 0 aromatic rings. The van der Waals surface area contributed by atoms with Crippen LogP contribution in [0.2, 0.25) is 0 Å². The summed E-state index contributed by atoms with van der Waals surface area (Å²) in [5.41, 5.74) is 4.10. The lowest BCUT2D eigenvalue weighted by molar-refractivity contribution is -0.124. The first kappa shape index (κ1) is 11.2. The molecule has 2 atom stereocenters. The first-order chi connectivity index (χ1) is 7.27. The highest BCUT2D eigenvalue weighted by molar-refractivity contribution is 5.93. The molecule has 1 heterocycles. The van der Waals surface area contributed by atoms with Crippen LogP contribution in [-0.4, -0.2) is 34.6 Å². The molecule has 2 N–H and O–H groups in total. The van der Waals surface area contributed by atoms with Gasteiger partial charge in [-0.25, -0.2) is 4.79 Å². The SMILES string of the molecule is CC(C)(C)OC(=O)N1CCC2CC21C(N)=O. The smallest absolute Gasteiger partial charge is 0.411 e.